The van der Waals surface area contributed by atoms with Gasteiger partial charge in [-0.2, -0.15) is 0 Å². The van der Waals surface area contributed by atoms with Crippen molar-refractivity contribution in [2.24, 2.45) is 0 Å². The number of cyclic esters (lactones) is 1. The zero-order chi connectivity index (χ0) is 18.2. The number of carbonyl (C=O) groups excluding carboxylic acids is 2. The summed E-state index contributed by atoms with van der Waals surface area (Å²) in [5.74, 6) is -0.644. The summed E-state index contributed by atoms with van der Waals surface area (Å²) < 4.78 is 5.19. The van der Waals surface area contributed by atoms with Gasteiger partial charge in [-0.25, -0.2) is 9.78 Å². The zero-order valence-corrected chi connectivity index (χ0v) is 13.3. The van der Waals surface area contributed by atoms with E-state index in [2.05, 4.69) is 20.6 Å². The highest BCUT2D eigenvalue weighted by molar-refractivity contribution is 6.04. The van der Waals surface area contributed by atoms with Gasteiger partial charge in [0.25, 0.3) is 11.6 Å². The Hall–Kier alpha value is -3.56. The molecule has 10 nitrogen and oxygen atoms in total. The lowest BCUT2D eigenvalue weighted by molar-refractivity contribution is -0.383. The first-order valence-corrected chi connectivity index (χ1v) is 7.18. The molecule has 1 aliphatic heterocycles. The van der Waals surface area contributed by atoms with Crippen molar-refractivity contribution in [1.82, 2.24) is 9.97 Å². The van der Waals surface area contributed by atoms with Crippen molar-refractivity contribution in [3.05, 3.63) is 52.1 Å². The van der Waals surface area contributed by atoms with Gasteiger partial charge >= 0.3 is 6.09 Å². The summed E-state index contributed by atoms with van der Waals surface area (Å²) in [5, 5.41) is 16.2. The maximum Gasteiger partial charge on any atom is 0.412 e. The predicted molar refractivity (Wildman–Crippen MR) is 86.2 cm³/mol. The highest BCUT2D eigenvalue weighted by Gasteiger charge is 2.36. The predicted octanol–water partition coefficient (Wildman–Crippen LogP) is 2.43. The van der Waals surface area contributed by atoms with Crippen LogP contribution in [0.4, 0.5) is 21.9 Å². The van der Waals surface area contributed by atoms with Crippen molar-refractivity contribution < 1.29 is 19.2 Å². The molecule has 1 aromatic carbocycles. The number of ether oxygens (including phenoxy) is 1. The third kappa shape index (κ3) is 3.09. The molecule has 0 aliphatic carbocycles. The molecule has 10 heteroatoms. The maximum atomic E-state index is 12.2. The van der Waals surface area contributed by atoms with E-state index in [0.29, 0.717) is 5.56 Å². The largest absolute Gasteiger partial charge is 0.438 e. The molecule has 25 heavy (non-hydrogen) atoms. The minimum atomic E-state index is -1.02. The molecule has 2 N–H and O–H groups in total. The Labute approximate surface area is 141 Å². The van der Waals surface area contributed by atoms with E-state index < -0.39 is 22.5 Å². The number of nitrogens with zero attached hydrogens (tertiary/aromatic N) is 3. The van der Waals surface area contributed by atoms with E-state index >= 15 is 0 Å². The molecule has 0 unspecified atom stereocenters. The van der Waals surface area contributed by atoms with Gasteiger partial charge < -0.3 is 10.1 Å². The SMILES string of the molecule is CC1(C)OC(=O)Nc2cc([N+](=O)[O-])c(NC(=O)c3cnccn3)cc21. The van der Waals surface area contributed by atoms with E-state index in [9.17, 15) is 19.7 Å². The molecule has 0 saturated carbocycles. The number of amides is 2. The smallest absolute Gasteiger partial charge is 0.412 e. The van der Waals surface area contributed by atoms with Crippen LogP contribution in [0.2, 0.25) is 0 Å². The van der Waals surface area contributed by atoms with Crippen LogP contribution >= 0.6 is 0 Å². The van der Waals surface area contributed by atoms with Crippen LogP contribution in [-0.2, 0) is 10.3 Å². The number of aromatic nitrogens is 2. The van der Waals surface area contributed by atoms with Crippen molar-refractivity contribution in [2.45, 2.75) is 19.4 Å². The van der Waals surface area contributed by atoms with Crippen molar-refractivity contribution in [2.75, 3.05) is 10.6 Å². The second-order valence-electron chi connectivity index (χ2n) is 5.74. The first kappa shape index (κ1) is 16.3. The maximum absolute atomic E-state index is 12.2. The van der Waals surface area contributed by atoms with Gasteiger partial charge in [0, 0.05) is 24.0 Å². The molecule has 2 aromatic rings. The van der Waals surface area contributed by atoms with E-state index in [0.717, 1.165) is 0 Å². The number of hydrogen-bond acceptors (Lipinski definition) is 7. The van der Waals surface area contributed by atoms with Crippen LogP contribution in [0.3, 0.4) is 0 Å². The Morgan fingerprint density at radius 2 is 2.12 bits per heavy atom. The Kier molecular flexibility index (Phi) is 3.79. The minimum Gasteiger partial charge on any atom is -0.438 e. The number of nitrogens with one attached hydrogen (secondary N) is 2. The van der Waals surface area contributed by atoms with Crippen LogP contribution in [0.25, 0.3) is 0 Å². The average molecular weight is 343 g/mol. The lowest BCUT2D eigenvalue weighted by Crippen LogP contribution is -2.35. The fourth-order valence-electron chi connectivity index (χ4n) is 2.47. The highest BCUT2D eigenvalue weighted by atomic mass is 16.6. The zero-order valence-electron chi connectivity index (χ0n) is 13.3. The van der Waals surface area contributed by atoms with Gasteiger partial charge in [0.2, 0.25) is 0 Å². The molecule has 0 atom stereocenters. The quantitative estimate of drug-likeness (QED) is 0.645. The summed E-state index contributed by atoms with van der Waals surface area (Å²) in [6, 6.07) is 2.59. The minimum absolute atomic E-state index is 0.0123. The number of benzene rings is 1. The van der Waals surface area contributed by atoms with Crippen LogP contribution in [0.1, 0.15) is 29.9 Å². The number of hydrogen-bond donors (Lipinski definition) is 2. The van der Waals surface area contributed by atoms with E-state index in [-0.39, 0.29) is 22.8 Å². The molecular formula is C15H13N5O5. The standard InChI is InChI=1S/C15H13N5O5/c1-15(2)8-5-10(18-13(21)11-7-16-3-4-17-11)12(20(23)24)6-9(8)19-14(22)25-15/h3-7H,1-2H3,(H,18,21)(H,19,22). The summed E-state index contributed by atoms with van der Waals surface area (Å²) >= 11 is 0. The van der Waals surface area contributed by atoms with Crippen LogP contribution in [0.15, 0.2) is 30.7 Å². The molecule has 0 spiro atoms. The van der Waals surface area contributed by atoms with E-state index in [4.69, 9.17) is 4.74 Å². The van der Waals surface area contributed by atoms with Gasteiger partial charge in [0.05, 0.1) is 16.8 Å². The molecule has 128 valence electrons. The van der Waals surface area contributed by atoms with Crippen LogP contribution < -0.4 is 10.6 Å². The van der Waals surface area contributed by atoms with Crippen molar-refractivity contribution in [3.8, 4) is 0 Å². The molecular weight excluding hydrogens is 330 g/mol. The first-order chi connectivity index (χ1) is 11.8. The lowest BCUT2D eigenvalue weighted by atomic mass is 9.93. The Morgan fingerprint density at radius 3 is 2.76 bits per heavy atom. The third-order valence-corrected chi connectivity index (χ3v) is 3.61. The Morgan fingerprint density at radius 1 is 1.36 bits per heavy atom. The van der Waals surface area contributed by atoms with Crippen LogP contribution in [0, 0.1) is 10.1 Å². The van der Waals surface area contributed by atoms with E-state index in [1.807, 2.05) is 0 Å². The molecule has 0 radical (unpaired) electrons. The normalized spacial score (nSPS) is 14.7. The second-order valence-corrected chi connectivity index (χ2v) is 5.74. The third-order valence-electron chi connectivity index (χ3n) is 3.61. The molecule has 0 fully saturated rings. The molecule has 2 heterocycles. The van der Waals surface area contributed by atoms with Crippen LogP contribution in [-0.4, -0.2) is 26.9 Å². The number of rotatable bonds is 3. The number of carbonyl (C=O) groups is 2. The van der Waals surface area contributed by atoms with Gasteiger partial charge in [-0.3, -0.25) is 25.2 Å². The van der Waals surface area contributed by atoms with Crippen LogP contribution in [0.5, 0.6) is 0 Å². The van der Waals surface area contributed by atoms with Crippen molar-refractivity contribution >= 4 is 29.1 Å². The molecule has 0 saturated heterocycles. The Bertz CT molecular complexity index is 881. The molecule has 0 bridgehead atoms. The van der Waals surface area contributed by atoms with Gasteiger partial charge in [0.15, 0.2) is 0 Å². The molecule has 3 rings (SSSR count). The average Bonchev–Trinajstić information content (AvgIpc) is 2.54. The highest BCUT2D eigenvalue weighted by Crippen LogP contribution is 2.41. The second kappa shape index (κ2) is 5.82. The fourth-order valence-corrected chi connectivity index (χ4v) is 2.47. The fraction of sp³-hybridized carbons (Fsp3) is 0.200. The summed E-state index contributed by atoms with van der Waals surface area (Å²) in [4.78, 5) is 42.1. The summed E-state index contributed by atoms with van der Waals surface area (Å²) in [5.41, 5.74) is -0.657. The number of nitro benzene ring substituents is 1. The van der Waals surface area contributed by atoms with Gasteiger partial charge in [-0.1, -0.05) is 0 Å². The monoisotopic (exact) mass is 343 g/mol. The summed E-state index contributed by atoms with van der Waals surface area (Å²) in [6.07, 6.45) is 3.28. The van der Waals surface area contributed by atoms with E-state index in [1.165, 1.54) is 30.7 Å². The summed E-state index contributed by atoms with van der Waals surface area (Å²) in [6.45, 7) is 3.29. The van der Waals surface area contributed by atoms with Gasteiger partial charge in [-0.15, -0.1) is 0 Å². The molecule has 2 amide bonds. The van der Waals surface area contributed by atoms with Crippen molar-refractivity contribution in [1.29, 1.82) is 0 Å². The van der Waals surface area contributed by atoms with Gasteiger partial charge in [-0.05, 0) is 19.9 Å². The van der Waals surface area contributed by atoms with E-state index in [1.54, 1.807) is 13.8 Å². The summed E-state index contributed by atoms with van der Waals surface area (Å²) in [7, 11) is 0. The van der Waals surface area contributed by atoms with Crippen molar-refractivity contribution in [3.63, 3.8) is 0 Å². The number of nitro groups is 1. The Balaban J connectivity index is 2.05. The lowest BCUT2D eigenvalue weighted by Gasteiger charge is -2.32. The number of fused-ring (bicyclic) bond motifs is 1. The first-order valence-electron chi connectivity index (χ1n) is 7.18. The molecule has 1 aromatic heterocycles. The molecule has 1 aliphatic rings. The topological polar surface area (TPSA) is 136 Å². The van der Waals surface area contributed by atoms with Gasteiger partial charge in [0.1, 0.15) is 17.0 Å². The number of anilines is 2.